The Kier molecular flexibility index (Phi) is 5.93. The first-order valence-corrected chi connectivity index (χ1v) is 6.95. The third kappa shape index (κ3) is 4.88. The highest BCUT2D eigenvalue weighted by atomic mass is 19.1. The van der Waals surface area contributed by atoms with E-state index in [4.69, 9.17) is 10.9 Å². The zero-order valence-corrected chi connectivity index (χ0v) is 12.7. The Morgan fingerprint density at radius 1 is 1.29 bits per heavy atom. The molecule has 0 spiro atoms. The highest BCUT2D eigenvalue weighted by Gasteiger charge is 2.22. The molecule has 1 aromatic carbocycles. The van der Waals surface area contributed by atoms with Crippen LogP contribution in [0.2, 0.25) is 0 Å². The van der Waals surface area contributed by atoms with E-state index in [-0.39, 0.29) is 16.9 Å². The zero-order chi connectivity index (χ0) is 16.0. The number of oxime groups is 1. The first-order chi connectivity index (χ1) is 9.77. The lowest BCUT2D eigenvalue weighted by Gasteiger charge is -2.22. The summed E-state index contributed by atoms with van der Waals surface area (Å²) < 4.78 is 27.0. The van der Waals surface area contributed by atoms with Crippen molar-refractivity contribution in [3.8, 4) is 0 Å². The van der Waals surface area contributed by atoms with E-state index in [2.05, 4.69) is 10.5 Å². The van der Waals surface area contributed by atoms with Gasteiger partial charge in [0, 0.05) is 18.0 Å². The van der Waals surface area contributed by atoms with Crippen molar-refractivity contribution in [3.63, 3.8) is 0 Å². The fraction of sp³-hybridized carbons (Fsp3) is 0.533. The van der Waals surface area contributed by atoms with Gasteiger partial charge in [-0.1, -0.05) is 25.4 Å². The number of nitrogens with zero attached hydrogens (tertiary/aromatic N) is 1. The van der Waals surface area contributed by atoms with Crippen molar-refractivity contribution in [2.75, 3.05) is 11.9 Å². The summed E-state index contributed by atoms with van der Waals surface area (Å²) in [6.45, 7) is 5.85. The molecule has 0 aliphatic carbocycles. The number of nitrogens with two attached hydrogens (primary N) is 1. The van der Waals surface area contributed by atoms with Crippen molar-refractivity contribution >= 4 is 11.5 Å². The second-order valence-electron chi connectivity index (χ2n) is 5.83. The van der Waals surface area contributed by atoms with Crippen LogP contribution < -0.4 is 11.1 Å². The van der Waals surface area contributed by atoms with Gasteiger partial charge < -0.3 is 16.3 Å². The summed E-state index contributed by atoms with van der Waals surface area (Å²) in [5, 5.41) is 14.6. The third-order valence-corrected chi connectivity index (χ3v) is 3.59. The van der Waals surface area contributed by atoms with Gasteiger partial charge in [-0.3, -0.25) is 0 Å². The van der Waals surface area contributed by atoms with Crippen LogP contribution in [-0.2, 0) is 0 Å². The van der Waals surface area contributed by atoms with E-state index in [0.29, 0.717) is 12.1 Å². The maximum absolute atomic E-state index is 13.6. The summed E-state index contributed by atoms with van der Waals surface area (Å²) in [5.74, 6) is -0.681. The van der Waals surface area contributed by atoms with Crippen LogP contribution in [0.5, 0.6) is 0 Å². The lowest BCUT2D eigenvalue weighted by molar-refractivity contribution is 0.304. The lowest BCUT2D eigenvalue weighted by Crippen LogP contribution is -2.31. The number of hydrogen-bond donors (Lipinski definition) is 3. The van der Waals surface area contributed by atoms with E-state index in [9.17, 15) is 8.78 Å². The van der Waals surface area contributed by atoms with E-state index in [0.717, 1.165) is 19.3 Å². The third-order valence-electron chi connectivity index (χ3n) is 3.59. The average molecular weight is 299 g/mol. The molecule has 0 fully saturated rings. The minimum absolute atomic E-state index is 0.175. The van der Waals surface area contributed by atoms with Crippen LogP contribution in [0.3, 0.4) is 0 Å². The molecule has 1 aromatic rings. The minimum atomic E-state index is -0.453. The van der Waals surface area contributed by atoms with Crippen LogP contribution in [0.25, 0.3) is 0 Å². The van der Waals surface area contributed by atoms with Crippen molar-refractivity contribution in [3.05, 3.63) is 29.3 Å². The van der Waals surface area contributed by atoms with Gasteiger partial charge in [-0.15, -0.1) is 0 Å². The molecule has 4 nitrogen and oxygen atoms in total. The standard InChI is InChI=1S/C15H23F2N3O/c1-10-8-12(17)13(9-11(10)16)19-7-5-4-6-15(2,3)14(18)20-21/h8-9,19,21H,4-7H2,1-3H3,(H2,18,20). The van der Waals surface area contributed by atoms with Crippen molar-refractivity contribution in [2.45, 2.75) is 40.0 Å². The minimum Gasteiger partial charge on any atom is -0.409 e. The number of rotatable bonds is 7. The number of benzene rings is 1. The Labute approximate surface area is 124 Å². The Bertz CT molecular complexity index is 516. The quantitative estimate of drug-likeness (QED) is 0.237. The SMILES string of the molecule is Cc1cc(F)c(NCCCCC(C)(C)/C(N)=N/O)cc1F. The van der Waals surface area contributed by atoms with Gasteiger partial charge in [-0.25, -0.2) is 8.78 Å². The van der Waals surface area contributed by atoms with Crippen molar-refractivity contribution in [2.24, 2.45) is 16.3 Å². The van der Waals surface area contributed by atoms with Gasteiger partial charge in [0.25, 0.3) is 0 Å². The van der Waals surface area contributed by atoms with Crippen molar-refractivity contribution < 1.29 is 14.0 Å². The molecular formula is C15H23F2N3O. The number of unbranched alkanes of at least 4 members (excludes halogenated alkanes) is 1. The molecule has 0 radical (unpaired) electrons. The molecule has 0 aliphatic heterocycles. The molecular weight excluding hydrogens is 276 g/mol. The molecule has 0 heterocycles. The normalized spacial score (nSPS) is 12.5. The molecule has 4 N–H and O–H groups in total. The molecule has 0 aromatic heterocycles. The van der Waals surface area contributed by atoms with Crippen LogP contribution >= 0.6 is 0 Å². The van der Waals surface area contributed by atoms with Crippen LogP contribution in [-0.4, -0.2) is 17.6 Å². The largest absolute Gasteiger partial charge is 0.409 e. The monoisotopic (exact) mass is 299 g/mol. The van der Waals surface area contributed by atoms with E-state index in [1.807, 2.05) is 13.8 Å². The lowest BCUT2D eigenvalue weighted by atomic mass is 9.86. The van der Waals surface area contributed by atoms with Gasteiger partial charge in [0.2, 0.25) is 0 Å². The van der Waals surface area contributed by atoms with Gasteiger partial charge in [0.15, 0.2) is 0 Å². The molecule has 0 unspecified atom stereocenters. The average Bonchev–Trinajstić information content (AvgIpc) is 2.42. The number of anilines is 1. The predicted molar refractivity (Wildman–Crippen MR) is 80.6 cm³/mol. The summed E-state index contributed by atoms with van der Waals surface area (Å²) in [6.07, 6.45) is 2.35. The molecule has 0 bridgehead atoms. The van der Waals surface area contributed by atoms with Crippen LogP contribution in [0.1, 0.15) is 38.7 Å². The number of nitrogens with one attached hydrogen (secondary N) is 1. The Balaban J connectivity index is 2.40. The zero-order valence-electron chi connectivity index (χ0n) is 12.7. The first kappa shape index (κ1) is 17.2. The van der Waals surface area contributed by atoms with Gasteiger partial charge in [-0.05, 0) is 31.4 Å². The van der Waals surface area contributed by atoms with E-state index >= 15 is 0 Å². The van der Waals surface area contributed by atoms with Crippen molar-refractivity contribution in [1.29, 1.82) is 0 Å². The van der Waals surface area contributed by atoms with Crippen LogP contribution in [0.4, 0.5) is 14.5 Å². The second kappa shape index (κ2) is 7.24. The molecule has 21 heavy (non-hydrogen) atoms. The fourth-order valence-electron chi connectivity index (χ4n) is 1.96. The fourth-order valence-corrected chi connectivity index (χ4v) is 1.96. The number of halogens is 2. The predicted octanol–water partition coefficient (Wildman–Crippen LogP) is 3.63. The Morgan fingerprint density at radius 2 is 1.95 bits per heavy atom. The van der Waals surface area contributed by atoms with Crippen molar-refractivity contribution in [1.82, 2.24) is 0 Å². The number of aryl methyl sites for hydroxylation is 1. The van der Waals surface area contributed by atoms with Crippen LogP contribution in [0.15, 0.2) is 17.3 Å². The molecule has 0 aliphatic rings. The highest BCUT2D eigenvalue weighted by molar-refractivity contribution is 5.85. The van der Waals surface area contributed by atoms with Gasteiger partial charge in [0.05, 0.1) is 5.69 Å². The van der Waals surface area contributed by atoms with Gasteiger partial charge in [-0.2, -0.15) is 0 Å². The summed E-state index contributed by atoms with van der Waals surface area (Å²) in [5.41, 5.74) is 5.69. The summed E-state index contributed by atoms with van der Waals surface area (Å²) >= 11 is 0. The topological polar surface area (TPSA) is 70.6 Å². The maximum Gasteiger partial charge on any atom is 0.146 e. The molecule has 6 heteroatoms. The molecule has 0 amide bonds. The summed E-state index contributed by atoms with van der Waals surface area (Å²) in [7, 11) is 0. The van der Waals surface area contributed by atoms with Crippen LogP contribution in [0, 0.1) is 24.0 Å². The number of hydrogen-bond acceptors (Lipinski definition) is 3. The van der Waals surface area contributed by atoms with Gasteiger partial charge in [0.1, 0.15) is 17.5 Å². The smallest absolute Gasteiger partial charge is 0.146 e. The number of amidine groups is 1. The Morgan fingerprint density at radius 3 is 2.57 bits per heavy atom. The summed E-state index contributed by atoms with van der Waals surface area (Å²) in [4.78, 5) is 0. The van der Waals surface area contributed by atoms with E-state index in [1.54, 1.807) is 0 Å². The first-order valence-electron chi connectivity index (χ1n) is 6.95. The van der Waals surface area contributed by atoms with Gasteiger partial charge >= 0.3 is 0 Å². The van der Waals surface area contributed by atoms with E-state index in [1.165, 1.54) is 19.1 Å². The molecule has 118 valence electrons. The molecule has 0 atom stereocenters. The summed E-state index contributed by atoms with van der Waals surface area (Å²) in [6, 6.07) is 2.35. The highest BCUT2D eigenvalue weighted by Crippen LogP contribution is 2.24. The molecule has 1 rings (SSSR count). The second-order valence-corrected chi connectivity index (χ2v) is 5.83. The molecule has 0 saturated heterocycles. The maximum atomic E-state index is 13.6. The van der Waals surface area contributed by atoms with E-state index < -0.39 is 11.6 Å². The Hall–Kier alpha value is -1.85. The molecule has 0 saturated carbocycles.